The first-order valence-electron chi connectivity index (χ1n) is 6.73. The van der Waals surface area contributed by atoms with Crippen molar-refractivity contribution in [2.45, 2.75) is 19.4 Å². The van der Waals surface area contributed by atoms with Crippen LogP contribution in [-0.4, -0.2) is 43.2 Å². The highest BCUT2D eigenvalue weighted by molar-refractivity contribution is 6.34. The Kier molecular flexibility index (Phi) is 5.23. The second-order valence-corrected chi connectivity index (χ2v) is 5.46. The molecule has 1 heterocycles. The molecule has 1 aromatic rings. The minimum absolute atomic E-state index is 0.0780. The Morgan fingerprint density at radius 2 is 2.40 bits per heavy atom. The van der Waals surface area contributed by atoms with Gasteiger partial charge in [0.1, 0.15) is 0 Å². The van der Waals surface area contributed by atoms with Crippen LogP contribution in [0.3, 0.4) is 0 Å². The summed E-state index contributed by atoms with van der Waals surface area (Å²) in [7, 11) is 0. The number of ether oxygens (including phenoxy) is 1. The molecule has 0 radical (unpaired) electrons. The van der Waals surface area contributed by atoms with E-state index in [1.807, 2.05) is 6.92 Å². The molecular weight excluding hydrogens is 278 g/mol. The summed E-state index contributed by atoms with van der Waals surface area (Å²) >= 11 is 6.04. The third kappa shape index (κ3) is 4.37. The lowest BCUT2D eigenvalue weighted by atomic mass is 10.2. The van der Waals surface area contributed by atoms with E-state index in [9.17, 15) is 4.79 Å². The minimum atomic E-state index is -0.0780. The van der Waals surface area contributed by atoms with Crippen molar-refractivity contribution in [3.05, 3.63) is 23.2 Å². The quantitative estimate of drug-likeness (QED) is 0.837. The summed E-state index contributed by atoms with van der Waals surface area (Å²) in [5.74, 6) is -0.0780. The summed E-state index contributed by atoms with van der Waals surface area (Å²) < 4.78 is 5.56. The second kappa shape index (κ2) is 6.92. The number of nitrogens with one attached hydrogen (secondary N) is 1. The van der Waals surface area contributed by atoms with Crippen molar-refractivity contribution in [1.29, 1.82) is 0 Å². The molecule has 0 saturated carbocycles. The summed E-state index contributed by atoms with van der Waals surface area (Å²) in [6, 6.07) is 5.05. The minimum Gasteiger partial charge on any atom is -0.399 e. The van der Waals surface area contributed by atoms with E-state index in [1.165, 1.54) is 0 Å². The lowest BCUT2D eigenvalue weighted by Crippen LogP contribution is -2.37. The van der Waals surface area contributed by atoms with Crippen LogP contribution in [0, 0.1) is 0 Å². The van der Waals surface area contributed by atoms with Crippen LogP contribution < -0.4 is 11.1 Å². The van der Waals surface area contributed by atoms with E-state index in [0.29, 0.717) is 22.9 Å². The lowest BCUT2D eigenvalue weighted by molar-refractivity contribution is -0.117. The maximum atomic E-state index is 12.1. The monoisotopic (exact) mass is 297 g/mol. The lowest BCUT2D eigenvalue weighted by Gasteiger charge is -2.21. The van der Waals surface area contributed by atoms with Gasteiger partial charge in [0.2, 0.25) is 5.91 Å². The average molecular weight is 298 g/mol. The molecule has 1 unspecified atom stereocenters. The Labute approximate surface area is 124 Å². The molecule has 110 valence electrons. The number of halogens is 1. The van der Waals surface area contributed by atoms with E-state index in [2.05, 4.69) is 10.2 Å². The molecule has 0 aliphatic carbocycles. The first-order valence-corrected chi connectivity index (χ1v) is 7.11. The zero-order chi connectivity index (χ0) is 14.5. The zero-order valence-electron chi connectivity index (χ0n) is 11.6. The summed E-state index contributed by atoms with van der Waals surface area (Å²) in [5.41, 5.74) is 6.78. The second-order valence-electron chi connectivity index (χ2n) is 5.06. The van der Waals surface area contributed by atoms with Gasteiger partial charge >= 0.3 is 0 Å². The highest BCUT2D eigenvalue weighted by atomic mass is 35.5. The van der Waals surface area contributed by atoms with Gasteiger partial charge in [-0.2, -0.15) is 0 Å². The molecule has 0 bridgehead atoms. The summed E-state index contributed by atoms with van der Waals surface area (Å²) in [4.78, 5) is 14.1. The Hall–Kier alpha value is -1.30. The number of carbonyl (C=O) groups excluding carboxylic acids is 1. The summed E-state index contributed by atoms with van der Waals surface area (Å²) in [6.07, 6.45) is 1.10. The zero-order valence-corrected chi connectivity index (χ0v) is 12.3. The SMILES string of the molecule is CC1CN(CC(=O)Nc2ccc(N)cc2Cl)CCCO1. The van der Waals surface area contributed by atoms with Gasteiger partial charge in [-0.3, -0.25) is 9.69 Å². The van der Waals surface area contributed by atoms with Gasteiger partial charge in [-0.05, 0) is 31.5 Å². The average Bonchev–Trinajstić information content (AvgIpc) is 2.57. The molecular formula is C14H20ClN3O2. The van der Waals surface area contributed by atoms with E-state index >= 15 is 0 Å². The highest BCUT2D eigenvalue weighted by Crippen LogP contribution is 2.23. The van der Waals surface area contributed by atoms with Gasteiger partial charge in [0.25, 0.3) is 0 Å². The smallest absolute Gasteiger partial charge is 0.238 e. The molecule has 6 heteroatoms. The van der Waals surface area contributed by atoms with Crippen LogP contribution in [0.15, 0.2) is 18.2 Å². The highest BCUT2D eigenvalue weighted by Gasteiger charge is 2.17. The van der Waals surface area contributed by atoms with Crippen LogP contribution >= 0.6 is 11.6 Å². The number of nitrogens with two attached hydrogens (primary N) is 1. The Balaban J connectivity index is 1.91. The van der Waals surface area contributed by atoms with E-state index in [4.69, 9.17) is 22.1 Å². The van der Waals surface area contributed by atoms with Crippen LogP contribution in [0.5, 0.6) is 0 Å². The third-order valence-corrected chi connectivity index (χ3v) is 3.48. The molecule has 20 heavy (non-hydrogen) atoms. The van der Waals surface area contributed by atoms with Crippen LogP contribution in [0.1, 0.15) is 13.3 Å². The molecule has 0 aromatic heterocycles. The number of amides is 1. The molecule has 1 aliphatic heterocycles. The van der Waals surface area contributed by atoms with Crippen LogP contribution in [0.2, 0.25) is 5.02 Å². The topological polar surface area (TPSA) is 67.6 Å². The third-order valence-electron chi connectivity index (χ3n) is 3.17. The van der Waals surface area contributed by atoms with E-state index in [0.717, 1.165) is 26.1 Å². The van der Waals surface area contributed by atoms with E-state index in [-0.39, 0.29) is 12.0 Å². The van der Waals surface area contributed by atoms with E-state index < -0.39 is 0 Å². The number of hydrogen-bond acceptors (Lipinski definition) is 4. The normalized spacial score (nSPS) is 20.4. The first kappa shape index (κ1) is 15.1. The molecule has 1 fully saturated rings. The molecule has 1 atom stereocenters. The van der Waals surface area contributed by atoms with Gasteiger partial charge in [-0.1, -0.05) is 11.6 Å². The van der Waals surface area contributed by atoms with E-state index in [1.54, 1.807) is 18.2 Å². The Morgan fingerprint density at radius 1 is 1.60 bits per heavy atom. The van der Waals surface area contributed by atoms with Crippen LogP contribution in [-0.2, 0) is 9.53 Å². The molecule has 1 amide bonds. The molecule has 1 aromatic carbocycles. The number of hydrogen-bond donors (Lipinski definition) is 2. The fourth-order valence-electron chi connectivity index (χ4n) is 2.25. The van der Waals surface area contributed by atoms with Crippen molar-refractivity contribution in [3.8, 4) is 0 Å². The van der Waals surface area contributed by atoms with Crippen molar-refractivity contribution in [1.82, 2.24) is 4.90 Å². The number of carbonyl (C=O) groups is 1. The standard InChI is InChI=1S/C14H20ClN3O2/c1-10-8-18(5-2-6-20-10)9-14(19)17-13-4-3-11(16)7-12(13)15/h3-4,7,10H,2,5-6,8-9,16H2,1H3,(H,17,19). The number of rotatable bonds is 3. The molecule has 5 nitrogen and oxygen atoms in total. The largest absolute Gasteiger partial charge is 0.399 e. The predicted molar refractivity (Wildman–Crippen MR) is 81.0 cm³/mol. The molecule has 0 spiro atoms. The van der Waals surface area contributed by atoms with Crippen molar-refractivity contribution in [3.63, 3.8) is 0 Å². The fourth-order valence-corrected chi connectivity index (χ4v) is 2.49. The summed E-state index contributed by atoms with van der Waals surface area (Å²) in [6.45, 7) is 4.75. The number of nitrogen functional groups attached to an aromatic ring is 1. The van der Waals surface area contributed by atoms with Gasteiger partial charge < -0.3 is 15.8 Å². The Bertz CT molecular complexity index is 481. The van der Waals surface area contributed by atoms with Crippen molar-refractivity contribution in [2.24, 2.45) is 0 Å². The Morgan fingerprint density at radius 3 is 3.15 bits per heavy atom. The van der Waals surface area contributed by atoms with Gasteiger partial charge in [-0.25, -0.2) is 0 Å². The van der Waals surface area contributed by atoms with Crippen LogP contribution in [0.4, 0.5) is 11.4 Å². The van der Waals surface area contributed by atoms with Crippen molar-refractivity contribution in [2.75, 3.05) is 37.3 Å². The van der Waals surface area contributed by atoms with Crippen LogP contribution in [0.25, 0.3) is 0 Å². The molecule has 2 rings (SSSR count). The maximum Gasteiger partial charge on any atom is 0.238 e. The van der Waals surface area contributed by atoms with Gasteiger partial charge in [-0.15, -0.1) is 0 Å². The van der Waals surface area contributed by atoms with Gasteiger partial charge in [0.05, 0.1) is 23.4 Å². The fraction of sp³-hybridized carbons (Fsp3) is 0.500. The molecule has 1 aliphatic rings. The molecule has 1 saturated heterocycles. The summed E-state index contributed by atoms with van der Waals surface area (Å²) in [5, 5.41) is 3.26. The van der Waals surface area contributed by atoms with Gasteiger partial charge in [0, 0.05) is 25.4 Å². The van der Waals surface area contributed by atoms with Crippen molar-refractivity contribution >= 4 is 28.9 Å². The van der Waals surface area contributed by atoms with Gasteiger partial charge in [0.15, 0.2) is 0 Å². The maximum absolute atomic E-state index is 12.1. The predicted octanol–water partition coefficient (Wildman–Crippen LogP) is 1.97. The van der Waals surface area contributed by atoms with Crippen molar-refractivity contribution < 1.29 is 9.53 Å². The molecule has 3 N–H and O–H groups in total. The first-order chi connectivity index (χ1) is 9.54. The number of anilines is 2. The number of benzene rings is 1. The number of nitrogens with zero attached hydrogens (tertiary/aromatic N) is 1.